The van der Waals surface area contributed by atoms with Gasteiger partial charge in [-0.2, -0.15) is 0 Å². The Labute approximate surface area is 116 Å². The number of pyridine rings is 1. The Morgan fingerprint density at radius 2 is 2.21 bits per heavy atom. The molecule has 0 spiro atoms. The number of anilines is 1. The van der Waals surface area contributed by atoms with Gasteiger partial charge in [0.15, 0.2) is 0 Å². The Morgan fingerprint density at radius 1 is 1.42 bits per heavy atom. The Morgan fingerprint density at radius 3 is 2.89 bits per heavy atom. The maximum Gasteiger partial charge on any atom is 0.131 e. The van der Waals surface area contributed by atoms with Crippen molar-refractivity contribution in [1.29, 1.82) is 0 Å². The van der Waals surface area contributed by atoms with E-state index in [2.05, 4.69) is 28.2 Å². The molecule has 1 aliphatic heterocycles. The number of methoxy groups -OCH3 is 1. The fourth-order valence-electron chi connectivity index (χ4n) is 2.64. The molecule has 0 saturated carbocycles. The summed E-state index contributed by atoms with van der Waals surface area (Å²) >= 11 is 0. The molecule has 1 fully saturated rings. The molecule has 0 radical (unpaired) electrons. The maximum atomic E-state index is 5.04. The molecular formula is C15H25N3O. The van der Waals surface area contributed by atoms with Crippen LogP contribution in [0.4, 0.5) is 5.82 Å². The van der Waals surface area contributed by atoms with E-state index in [-0.39, 0.29) is 0 Å². The second-order valence-electron chi connectivity index (χ2n) is 5.27. The molecule has 4 heteroatoms. The van der Waals surface area contributed by atoms with Gasteiger partial charge in [-0.25, -0.2) is 4.98 Å². The van der Waals surface area contributed by atoms with Crippen LogP contribution in [0.2, 0.25) is 0 Å². The molecule has 4 nitrogen and oxygen atoms in total. The Hall–Kier alpha value is -1.13. The maximum absolute atomic E-state index is 5.04. The van der Waals surface area contributed by atoms with Crippen LogP contribution in [-0.2, 0) is 4.74 Å². The number of hydrogen-bond acceptors (Lipinski definition) is 4. The first-order chi connectivity index (χ1) is 9.31. The topological polar surface area (TPSA) is 37.4 Å². The average Bonchev–Trinajstić information content (AvgIpc) is 2.45. The van der Waals surface area contributed by atoms with Gasteiger partial charge in [0, 0.05) is 32.9 Å². The number of aromatic nitrogens is 1. The van der Waals surface area contributed by atoms with Crippen molar-refractivity contribution in [3.05, 3.63) is 23.9 Å². The molecule has 1 aromatic rings. The molecule has 106 valence electrons. The summed E-state index contributed by atoms with van der Waals surface area (Å²) in [5, 5.41) is 3.46. The van der Waals surface area contributed by atoms with Crippen LogP contribution in [0.25, 0.3) is 0 Å². The molecule has 0 amide bonds. The molecule has 1 saturated heterocycles. The summed E-state index contributed by atoms with van der Waals surface area (Å²) in [6.45, 7) is 7.24. The summed E-state index contributed by atoms with van der Waals surface area (Å²) in [5.74, 6) is 1.95. The Kier molecular flexibility index (Phi) is 5.61. The largest absolute Gasteiger partial charge is 0.383 e. The Balaban J connectivity index is 1.75. The first kappa shape index (κ1) is 14.3. The van der Waals surface area contributed by atoms with E-state index in [0.29, 0.717) is 0 Å². The monoisotopic (exact) mass is 263 g/mol. The van der Waals surface area contributed by atoms with Crippen LogP contribution in [0.15, 0.2) is 18.3 Å². The van der Waals surface area contributed by atoms with Gasteiger partial charge >= 0.3 is 0 Å². The zero-order valence-corrected chi connectivity index (χ0v) is 12.1. The van der Waals surface area contributed by atoms with Gasteiger partial charge < -0.3 is 15.0 Å². The third-order valence-corrected chi connectivity index (χ3v) is 3.81. The first-order valence-corrected chi connectivity index (χ1v) is 7.17. The van der Waals surface area contributed by atoms with Crippen molar-refractivity contribution in [2.45, 2.75) is 19.8 Å². The van der Waals surface area contributed by atoms with Gasteiger partial charge in [0.25, 0.3) is 0 Å². The number of ether oxygens (including phenoxy) is 1. The SMILES string of the molecule is COCCNCC1CCN(c2ncccc2C)CC1. The molecule has 2 rings (SSSR count). The highest BCUT2D eigenvalue weighted by molar-refractivity contribution is 5.46. The number of nitrogens with zero attached hydrogens (tertiary/aromatic N) is 2. The van der Waals surface area contributed by atoms with Crippen molar-refractivity contribution >= 4 is 5.82 Å². The van der Waals surface area contributed by atoms with Gasteiger partial charge in [0.1, 0.15) is 5.82 Å². The van der Waals surface area contributed by atoms with Crippen molar-refractivity contribution in [3.63, 3.8) is 0 Å². The number of piperidine rings is 1. The fourth-order valence-corrected chi connectivity index (χ4v) is 2.64. The summed E-state index contributed by atoms with van der Waals surface area (Å²) in [6, 6.07) is 4.14. The lowest BCUT2D eigenvalue weighted by atomic mass is 9.96. The van der Waals surface area contributed by atoms with Gasteiger partial charge in [-0.05, 0) is 43.9 Å². The quantitative estimate of drug-likeness (QED) is 0.795. The lowest BCUT2D eigenvalue weighted by molar-refractivity contribution is 0.196. The third kappa shape index (κ3) is 4.18. The van der Waals surface area contributed by atoms with Crippen molar-refractivity contribution in [2.75, 3.05) is 44.8 Å². The average molecular weight is 263 g/mol. The zero-order chi connectivity index (χ0) is 13.5. The molecule has 0 unspecified atom stereocenters. The summed E-state index contributed by atoms with van der Waals surface area (Å²) in [4.78, 5) is 6.92. The number of nitrogens with one attached hydrogen (secondary N) is 1. The van der Waals surface area contributed by atoms with Gasteiger partial charge in [0.2, 0.25) is 0 Å². The van der Waals surface area contributed by atoms with Gasteiger partial charge in [-0.3, -0.25) is 0 Å². The van der Waals surface area contributed by atoms with E-state index in [1.54, 1.807) is 7.11 Å². The van der Waals surface area contributed by atoms with E-state index in [4.69, 9.17) is 4.74 Å². The van der Waals surface area contributed by atoms with Crippen LogP contribution < -0.4 is 10.2 Å². The van der Waals surface area contributed by atoms with Crippen molar-refractivity contribution in [3.8, 4) is 0 Å². The molecule has 19 heavy (non-hydrogen) atoms. The van der Waals surface area contributed by atoms with Crippen molar-refractivity contribution in [2.24, 2.45) is 5.92 Å². The first-order valence-electron chi connectivity index (χ1n) is 7.17. The highest BCUT2D eigenvalue weighted by Crippen LogP contribution is 2.23. The van der Waals surface area contributed by atoms with Crippen LogP contribution in [0.1, 0.15) is 18.4 Å². The van der Waals surface area contributed by atoms with E-state index >= 15 is 0 Å². The highest BCUT2D eigenvalue weighted by atomic mass is 16.5. The van der Waals surface area contributed by atoms with E-state index in [1.165, 1.54) is 18.4 Å². The minimum absolute atomic E-state index is 0.789. The number of hydrogen-bond donors (Lipinski definition) is 1. The van der Waals surface area contributed by atoms with Gasteiger partial charge in [-0.1, -0.05) is 6.07 Å². The van der Waals surface area contributed by atoms with E-state index in [0.717, 1.165) is 44.5 Å². The lowest BCUT2D eigenvalue weighted by Crippen LogP contribution is -2.38. The summed E-state index contributed by atoms with van der Waals surface area (Å²) in [6.07, 6.45) is 4.38. The molecule has 0 aliphatic carbocycles. The molecule has 1 N–H and O–H groups in total. The minimum atomic E-state index is 0.789. The second kappa shape index (κ2) is 7.46. The molecule has 0 aromatic carbocycles. The standard InChI is InChI=1S/C15H25N3O/c1-13-4-3-7-17-15(13)18-9-5-14(6-10-18)12-16-8-11-19-2/h3-4,7,14,16H,5-6,8-12H2,1-2H3. The summed E-state index contributed by atoms with van der Waals surface area (Å²) < 4.78 is 5.04. The zero-order valence-electron chi connectivity index (χ0n) is 12.1. The van der Waals surface area contributed by atoms with Crippen LogP contribution >= 0.6 is 0 Å². The van der Waals surface area contributed by atoms with E-state index in [9.17, 15) is 0 Å². The number of rotatable bonds is 6. The van der Waals surface area contributed by atoms with Crippen LogP contribution in [0, 0.1) is 12.8 Å². The molecular weight excluding hydrogens is 238 g/mol. The molecule has 2 heterocycles. The number of aryl methyl sites for hydroxylation is 1. The lowest BCUT2D eigenvalue weighted by Gasteiger charge is -2.33. The Bertz CT molecular complexity index is 375. The van der Waals surface area contributed by atoms with Crippen LogP contribution in [0.3, 0.4) is 0 Å². The predicted octanol–water partition coefficient (Wildman–Crippen LogP) is 1.84. The van der Waals surface area contributed by atoms with Gasteiger partial charge in [0.05, 0.1) is 6.61 Å². The van der Waals surface area contributed by atoms with Gasteiger partial charge in [-0.15, -0.1) is 0 Å². The smallest absolute Gasteiger partial charge is 0.131 e. The van der Waals surface area contributed by atoms with Crippen LogP contribution in [0.5, 0.6) is 0 Å². The minimum Gasteiger partial charge on any atom is -0.383 e. The highest BCUT2D eigenvalue weighted by Gasteiger charge is 2.20. The second-order valence-corrected chi connectivity index (χ2v) is 5.27. The third-order valence-electron chi connectivity index (χ3n) is 3.81. The fraction of sp³-hybridized carbons (Fsp3) is 0.667. The molecule has 0 bridgehead atoms. The molecule has 1 aliphatic rings. The van der Waals surface area contributed by atoms with Crippen molar-refractivity contribution in [1.82, 2.24) is 10.3 Å². The molecule has 0 atom stereocenters. The van der Waals surface area contributed by atoms with E-state index in [1.807, 2.05) is 12.3 Å². The normalized spacial score (nSPS) is 16.8. The van der Waals surface area contributed by atoms with Crippen molar-refractivity contribution < 1.29 is 4.74 Å². The molecule has 1 aromatic heterocycles. The van der Waals surface area contributed by atoms with Crippen LogP contribution in [-0.4, -0.2) is 44.9 Å². The predicted molar refractivity (Wildman–Crippen MR) is 78.7 cm³/mol. The summed E-state index contributed by atoms with van der Waals surface area (Å²) in [5.41, 5.74) is 1.28. The van der Waals surface area contributed by atoms with E-state index < -0.39 is 0 Å². The summed E-state index contributed by atoms with van der Waals surface area (Å²) in [7, 11) is 1.75.